The van der Waals surface area contributed by atoms with Crippen LogP contribution < -0.4 is 10.1 Å². The van der Waals surface area contributed by atoms with Gasteiger partial charge in [-0.15, -0.1) is 0 Å². The molecular weight excluding hydrogens is 392 g/mol. The Labute approximate surface area is 181 Å². The predicted molar refractivity (Wildman–Crippen MR) is 116 cm³/mol. The van der Waals surface area contributed by atoms with Crippen molar-refractivity contribution in [2.24, 2.45) is 0 Å². The standard InChI is InChI=1S/C23H26N6O2/c1-23(2,3)28-21(30)19-18-13-24-15-27-22(18)31-12-11-29(19)14-16-7-4-5-8-17(16)20-25-9-6-10-26-20/h4-10,13,15,19H,11-12,14H2,1-3H3,(H,28,30). The summed E-state index contributed by atoms with van der Waals surface area (Å²) in [6, 6.07) is 9.20. The van der Waals surface area contributed by atoms with Crippen LogP contribution in [0.15, 0.2) is 55.2 Å². The third-order valence-corrected chi connectivity index (χ3v) is 4.92. The second kappa shape index (κ2) is 8.77. The summed E-state index contributed by atoms with van der Waals surface area (Å²) < 4.78 is 5.84. The molecule has 0 spiro atoms. The predicted octanol–water partition coefficient (Wildman–Crippen LogP) is 2.78. The van der Waals surface area contributed by atoms with Crippen LogP contribution in [0.1, 0.15) is 37.9 Å². The van der Waals surface area contributed by atoms with Crippen LogP contribution >= 0.6 is 0 Å². The highest BCUT2D eigenvalue weighted by Crippen LogP contribution is 2.33. The summed E-state index contributed by atoms with van der Waals surface area (Å²) in [7, 11) is 0. The van der Waals surface area contributed by atoms with Gasteiger partial charge in [0.25, 0.3) is 0 Å². The summed E-state index contributed by atoms with van der Waals surface area (Å²) in [6.45, 7) is 7.40. The Morgan fingerprint density at radius 2 is 1.94 bits per heavy atom. The molecule has 0 saturated heterocycles. The zero-order chi connectivity index (χ0) is 21.8. The van der Waals surface area contributed by atoms with Crippen molar-refractivity contribution in [1.82, 2.24) is 30.2 Å². The Morgan fingerprint density at radius 3 is 2.71 bits per heavy atom. The number of hydrogen-bond donors (Lipinski definition) is 1. The maximum atomic E-state index is 13.4. The first-order valence-corrected chi connectivity index (χ1v) is 10.3. The molecule has 0 aliphatic carbocycles. The molecule has 1 aliphatic heterocycles. The fraction of sp³-hybridized carbons (Fsp3) is 0.348. The molecular formula is C23H26N6O2. The number of aromatic nitrogens is 4. The summed E-state index contributed by atoms with van der Waals surface area (Å²) in [5, 5.41) is 3.10. The molecule has 0 radical (unpaired) electrons. The molecule has 1 aliphatic rings. The lowest BCUT2D eigenvalue weighted by Gasteiger charge is -2.32. The first-order chi connectivity index (χ1) is 14.9. The zero-order valence-electron chi connectivity index (χ0n) is 17.9. The molecule has 31 heavy (non-hydrogen) atoms. The van der Waals surface area contributed by atoms with Crippen molar-refractivity contribution in [2.75, 3.05) is 13.2 Å². The largest absolute Gasteiger partial charge is 0.476 e. The van der Waals surface area contributed by atoms with Crippen LogP contribution in [0.5, 0.6) is 5.88 Å². The Hall–Kier alpha value is -3.39. The lowest BCUT2D eigenvalue weighted by molar-refractivity contribution is -0.128. The molecule has 0 bridgehead atoms. The van der Waals surface area contributed by atoms with E-state index in [1.54, 1.807) is 24.7 Å². The number of ether oxygens (including phenoxy) is 1. The van der Waals surface area contributed by atoms with Gasteiger partial charge in [0.15, 0.2) is 5.82 Å². The number of hydrogen-bond acceptors (Lipinski definition) is 7. The third kappa shape index (κ3) is 4.86. The van der Waals surface area contributed by atoms with Gasteiger partial charge >= 0.3 is 0 Å². The van der Waals surface area contributed by atoms with Crippen LogP contribution in [-0.4, -0.2) is 49.4 Å². The van der Waals surface area contributed by atoms with Gasteiger partial charge in [0.2, 0.25) is 11.8 Å². The number of amides is 1. The van der Waals surface area contributed by atoms with E-state index in [1.807, 2.05) is 45.0 Å². The Morgan fingerprint density at radius 1 is 1.16 bits per heavy atom. The van der Waals surface area contributed by atoms with E-state index < -0.39 is 6.04 Å². The third-order valence-electron chi connectivity index (χ3n) is 4.92. The van der Waals surface area contributed by atoms with E-state index in [0.717, 1.165) is 11.1 Å². The Kier molecular flexibility index (Phi) is 5.90. The van der Waals surface area contributed by atoms with E-state index >= 15 is 0 Å². The Balaban J connectivity index is 1.72. The number of nitrogens with zero attached hydrogens (tertiary/aromatic N) is 5. The molecule has 3 heterocycles. The topological polar surface area (TPSA) is 93.1 Å². The van der Waals surface area contributed by atoms with E-state index in [0.29, 0.717) is 37.0 Å². The van der Waals surface area contributed by atoms with Gasteiger partial charge in [-0.2, -0.15) is 0 Å². The molecule has 1 N–H and O–H groups in total. The molecule has 8 nitrogen and oxygen atoms in total. The number of benzene rings is 1. The van der Waals surface area contributed by atoms with Crippen molar-refractivity contribution in [1.29, 1.82) is 0 Å². The quantitative estimate of drug-likeness (QED) is 0.696. The van der Waals surface area contributed by atoms with Gasteiger partial charge < -0.3 is 10.1 Å². The van der Waals surface area contributed by atoms with Crippen molar-refractivity contribution < 1.29 is 9.53 Å². The van der Waals surface area contributed by atoms with Crippen LogP contribution in [0, 0.1) is 0 Å². The highest BCUT2D eigenvalue weighted by molar-refractivity contribution is 5.84. The molecule has 1 amide bonds. The van der Waals surface area contributed by atoms with Crippen LogP contribution in [0.2, 0.25) is 0 Å². The molecule has 160 valence electrons. The fourth-order valence-corrected chi connectivity index (χ4v) is 3.67. The summed E-state index contributed by atoms with van der Waals surface area (Å²) in [6.07, 6.45) is 6.56. The van der Waals surface area contributed by atoms with Crippen LogP contribution in [0.25, 0.3) is 11.4 Å². The average molecular weight is 419 g/mol. The summed E-state index contributed by atoms with van der Waals surface area (Å²) in [5.74, 6) is 0.998. The van der Waals surface area contributed by atoms with Gasteiger partial charge in [-0.1, -0.05) is 24.3 Å². The van der Waals surface area contributed by atoms with Gasteiger partial charge in [0.1, 0.15) is 19.0 Å². The van der Waals surface area contributed by atoms with E-state index in [-0.39, 0.29) is 11.4 Å². The van der Waals surface area contributed by atoms with Gasteiger partial charge in [-0.25, -0.2) is 19.9 Å². The van der Waals surface area contributed by atoms with Crippen LogP contribution in [0.4, 0.5) is 0 Å². The van der Waals surface area contributed by atoms with E-state index in [1.165, 1.54) is 6.33 Å². The van der Waals surface area contributed by atoms with Crippen LogP contribution in [0.3, 0.4) is 0 Å². The van der Waals surface area contributed by atoms with Crippen molar-refractivity contribution in [2.45, 2.75) is 38.9 Å². The normalized spacial score (nSPS) is 16.7. The number of rotatable bonds is 4. The Bertz CT molecular complexity index is 1050. The first-order valence-electron chi connectivity index (χ1n) is 10.3. The number of nitrogens with one attached hydrogen (secondary N) is 1. The summed E-state index contributed by atoms with van der Waals surface area (Å²) in [4.78, 5) is 32.7. The molecule has 1 atom stereocenters. The number of fused-ring (bicyclic) bond motifs is 1. The van der Waals surface area contributed by atoms with Gasteiger partial charge in [0.05, 0.1) is 5.56 Å². The minimum atomic E-state index is -0.581. The smallest absolute Gasteiger partial charge is 0.242 e. The minimum Gasteiger partial charge on any atom is -0.476 e. The van der Waals surface area contributed by atoms with Gasteiger partial charge in [0, 0.05) is 42.8 Å². The van der Waals surface area contributed by atoms with Crippen molar-refractivity contribution in [3.05, 3.63) is 66.4 Å². The van der Waals surface area contributed by atoms with Crippen LogP contribution in [-0.2, 0) is 11.3 Å². The SMILES string of the molecule is CC(C)(C)NC(=O)C1c2cncnc2OCCN1Cc1ccccc1-c1ncccn1. The van der Waals surface area contributed by atoms with E-state index in [4.69, 9.17) is 4.74 Å². The fourth-order valence-electron chi connectivity index (χ4n) is 3.67. The number of carbonyl (C=O) groups is 1. The minimum absolute atomic E-state index is 0.109. The van der Waals surface area contributed by atoms with Crippen molar-refractivity contribution >= 4 is 5.91 Å². The second-order valence-electron chi connectivity index (χ2n) is 8.47. The lowest BCUT2D eigenvalue weighted by Crippen LogP contribution is -2.47. The molecule has 4 rings (SSSR count). The highest BCUT2D eigenvalue weighted by atomic mass is 16.5. The summed E-state index contributed by atoms with van der Waals surface area (Å²) >= 11 is 0. The maximum absolute atomic E-state index is 13.4. The van der Waals surface area contributed by atoms with Crippen molar-refractivity contribution in [3.8, 4) is 17.3 Å². The summed E-state index contributed by atoms with van der Waals surface area (Å²) in [5.41, 5.74) is 2.26. The maximum Gasteiger partial charge on any atom is 0.242 e. The molecule has 0 saturated carbocycles. The molecule has 2 aromatic heterocycles. The molecule has 3 aromatic rings. The van der Waals surface area contributed by atoms with E-state index in [9.17, 15) is 4.79 Å². The first kappa shape index (κ1) is 20.9. The van der Waals surface area contributed by atoms with E-state index in [2.05, 4.69) is 30.2 Å². The lowest BCUT2D eigenvalue weighted by atomic mass is 10.0. The second-order valence-corrected chi connectivity index (χ2v) is 8.47. The molecule has 1 aromatic carbocycles. The molecule has 0 fully saturated rings. The molecule has 1 unspecified atom stereocenters. The van der Waals surface area contributed by atoms with Gasteiger partial charge in [-0.3, -0.25) is 9.69 Å². The van der Waals surface area contributed by atoms with Gasteiger partial charge in [-0.05, 0) is 32.4 Å². The van der Waals surface area contributed by atoms with Crippen molar-refractivity contribution in [3.63, 3.8) is 0 Å². The molecule has 8 heteroatoms. The highest BCUT2D eigenvalue weighted by Gasteiger charge is 2.35. The number of carbonyl (C=O) groups excluding carboxylic acids is 1. The average Bonchev–Trinajstić information content (AvgIpc) is 2.92. The zero-order valence-corrected chi connectivity index (χ0v) is 17.9. The monoisotopic (exact) mass is 418 g/mol.